The van der Waals surface area contributed by atoms with Crippen molar-refractivity contribution in [1.29, 1.82) is 0 Å². The third-order valence-electron chi connectivity index (χ3n) is 2.27. The zero-order chi connectivity index (χ0) is 17.2. The average Bonchev–Trinajstić information content (AvgIpc) is 2.48. The molecule has 0 aliphatic rings. The summed E-state index contributed by atoms with van der Waals surface area (Å²) in [5.74, 6) is 0.225. The summed E-state index contributed by atoms with van der Waals surface area (Å²) in [5.41, 5.74) is -1.12. The molecule has 0 aromatic rings. The first-order valence-corrected chi connectivity index (χ1v) is 8.74. The molecule has 0 bridgehead atoms. The molecule has 0 aromatic carbocycles. The van der Waals surface area contributed by atoms with Gasteiger partial charge in [0, 0.05) is 20.0 Å². The fourth-order valence-electron chi connectivity index (χ4n) is 1.12. The average molecular weight is 355 g/mol. The molecule has 0 rings (SSSR count). The molecule has 0 heterocycles. The second-order valence-corrected chi connectivity index (χ2v) is 7.37. The molecule has 0 aliphatic heterocycles. The molecule has 0 aromatic heterocycles. The van der Waals surface area contributed by atoms with Crippen LogP contribution in [0.4, 0.5) is 4.79 Å². The van der Waals surface area contributed by atoms with Crippen molar-refractivity contribution >= 4 is 30.8 Å². The van der Waals surface area contributed by atoms with Gasteiger partial charge >= 0.3 is 13.9 Å². The SMILES string of the molecule is C=CCOC(=O)NC(C)(C)C(=O)SCCOP(=O)(OC)OC. The predicted molar refractivity (Wildman–Crippen MR) is 83.8 cm³/mol. The second kappa shape index (κ2) is 10.0. The molecule has 10 heteroatoms. The topological polar surface area (TPSA) is 100 Å². The fraction of sp³-hybridized carbons (Fsp3) is 0.667. The van der Waals surface area contributed by atoms with Crippen molar-refractivity contribution in [3.63, 3.8) is 0 Å². The van der Waals surface area contributed by atoms with Gasteiger partial charge in [-0.1, -0.05) is 24.4 Å². The Hall–Kier alpha value is -0.860. The van der Waals surface area contributed by atoms with Crippen molar-refractivity contribution in [3.8, 4) is 0 Å². The van der Waals surface area contributed by atoms with Crippen LogP contribution in [0.2, 0.25) is 0 Å². The summed E-state index contributed by atoms with van der Waals surface area (Å²) in [6.45, 7) is 6.56. The number of carbonyl (C=O) groups is 2. The minimum Gasteiger partial charge on any atom is -0.445 e. The number of nitrogens with one attached hydrogen (secondary N) is 1. The van der Waals surface area contributed by atoms with Gasteiger partial charge in [0.25, 0.3) is 0 Å². The third-order valence-corrected chi connectivity index (χ3v) is 4.81. The number of hydrogen-bond acceptors (Lipinski definition) is 8. The number of rotatable bonds is 10. The standard InChI is InChI=1S/C12H22NO7PS/c1-6-7-19-11(15)13-12(2,3)10(14)22-9-8-20-21(16,17-4)18-5/h6H,1,7-9H2,2-5H3,(H,13,15). The molecule has 0 fully saturated rings. The maximum Gasteiger partial charge on any atom is 0.474 e. The second-order valence-electron chi connectivity index (χ2n) is 4.42. The van der Waals surface area contributed by atoms with Crippen LogP contribution in [0.15, 0.2) is 12.7 Å². The van der Waals surface area contributed by atoms with Crippen LogP contribution < -0.4 is 5.32 Å². The lowest BCUT2D eigenvalue weighted by atomic mass is 10.1. The Labute approximate surface area is 134 Å². The van der Waals surface area contributed by atoms with E-state index in [-0.39, 0.29) is 24.1 Å². The lowest BCUT2D eigenvalue weighted by Crippen LogP contribution is -2.49. The van der Waals surface area contributed by atoms with Crippen LogP contribution in [0.1, 0.15) is 13.8 Å². The molecule has 0 unspecified atom stereocenters. The minimum absolute atomic E-state index is 0.00758. The van der Waals surface area contributed by atoms with Crippen molar-refractivity contribution in [1.82, 2.24) is 5.32 Å². The Balaban J connectivity index is 4.21. The van der Waals surface area contributed by atoms with Crippen LogP contribution in [-0.4, -0.2) is 49.9 Å². The van der Waals surface area contributed by atoms with Gasteiger partial charge in [0.2, 0.25) is 5.12 Å². The van der Waals surface area contributed by atoms with Gasteiger partial charge in [-0.2, -0.15) is 0 Å². The molecular formula is C12H22NO7PS. The van der Waals surface area contributed by atoms with Crippen LogP contribution in [0, 0.1) is 0 Å². The lowest BCUT2D eigenvalue weighted by Gasteiger charge is -2.23. The Bertz CT molecular complexity index is 433. The van der Waals surface area contributed by atoms with E-state index in [9.17, 15) is 14.2 Å². The highest BCUT2D eigenvalue weighted by atomic mass is 32.2. The number of amides is 1. The van der Waals surface area contributed by atoms with Crippen molar-refractivity contribution in [2.45, 2.75) is 19.4 Å². The van der Waals surface area contributed by atoms with E-state index in [0.717, 1.165) is 11.8 Å². The molecule has 0 saturated heterocycles. The zero-order valence-electron chi connectivity index (χ0n) is 13.1. The summed E-state index contributed by atoms with van der Waals surface area (Å²) >= 11 is 0.924. The highest BCUT2D eigenvalue weighted by Gasteiger charge is 2.30. The van der Waals surface area contributed by atoms with Crippen LogP contribution in [0.3, 0.4) is 0 Å². The number of alkyl carbamates (subject to hydrolysis) is 1. The van der Waals surface area contributed by atoms with Crippen LogP contribution in [0.25, 0.3) is 0 Å². The smallest absolute Gasteiger partial charge is 0.445 e. The first-order valence-electron chi connectivity index (χ1n) is 6.30. The van der Waals surface area contributed by atoms with Crippen molar-refractivity contribution < 1.29 is 32.5 Å². The van der Waals surface area contributed by atoms with Gasteiger partial charge < -0.3 is 10.1 Å². The Morgan fingerprint density at radius 1 is 1.32 bits per heavy atom. The summed E-state index contributed by atoms with van der Waals surface area (Å²) in [4.78, 5) is 23.4. The van der Waals surface area contributed by atoms with E-state index in [1.807, 2.05) is 0 Å². The molecule has 22 heavy (non-hydrogen) atoms. The van der Waals surface area contributed by atoms with Crippen LogP contribution >= 0.6 is 19.6 Å². The number of hydrogen-bond donors (Lipinski definition) is 1. The molecule has 0 aliphatic carbocycles. The van der Waals surface area contributed by atoms with E-state index in [1.54, 1.807) is 13.8 Å². The molecule has 0 saturated carbocycles. The van der Waals surface area contributed by atoms with Gasteiger partial charge in [-0.3, -0.25) is 18.4 Å². The largest absolute Gasteiger partial charge is 0.474 e. The zero-order valence-corrected chi connectivity index (χ0v) is 14.8. The van der Waals surface area contributed by atoms with E-state index >= 15 is 0 Å². The van der Waals surface area contributed by atoms with Gasteiger partial charge in [0.05, 0.1) is 6.61 Å². The Morgan fingerprint density at radius 3 is 2.41 bits per heavy atom. The first kappa shape index (κ1) is 21.1. The Kier molecular flexibility index (Phi) is 9.63. The summed E-state index contributed by atoms with van der Waals surface area (Å²) in [6, 6.07) is 0. The van der Waals surface area contributed by atoms with E-state index in [1.165, 1.54) is 20.3 Å². The molecule has 1 amide bonds. The maximum absolute atomic E-state index is 12.0. The molecule has 0 atom stereocenters. The molecule has 0 spiro atoms. The summed E-state index contributed by atoms with van der Waals surface area (Å²) < 4.78 is 30.5. The highest BCUT2D eigenvalue weighted by molar-refractivity contribution is 8.13. The maximum atomic E-state index is 12.0. The predicted octanol–water partition coefficient (Wildman–Crippen LogP) is 2.35. The number of thioether (sulfide) groups is 1. The number of phosphoric acid groups is 1. The van der Waals surface area contributed by atoms with Crippen LogP contribution in [0.5, 0.6) is 0 Å². The number of ether oxygens (including phenoxy) is 1. The Morgan fingerprint density at radius 2 is 1.91 bits per heavy atom. The van der Waals surface area contributed by atoms with Gasteiger partial charge in [-0.15, -0.1) is 0 Å². The number of carbonyl (C=O) groups excluding carboxylic acids is 2. The van der Waals surface area contributed by atoms with Gasteiger partial charge in [0.15, 0.2) is 0 Å². The van der Waals surface area contributed by atoms with Gasteiger partial charge in [-0.25, -0.2) is 9.36 Å². The third kappa shape index (κ3) is 7.95. The fourth-order valence-corrected chi connectivity index (χ4v) is 2.68. The van der Waals surface area contributed by atoms with Gasteiger partial charge in [0.1, 0.15) is 12.1 Å². The van der Waals surface area contributed by atoms with Crippen molar-refractivity contribution in [3.05, 3.63) is 12.7 Å². The van der Waals surface area contributed by atoms with Crippen LogP contribution in [-0.2, 0) is 27.7 Å². The van der Waals surface area contributed by atoms with E-state index < -0.39 is 19.5 Å². The van der Waals surface area contributed by atoms with E-state index in [4.69, 9.17) is 9.26 Å². The quantitative estimate of drug-likeness (QED) is 0.362. The molecule has 0 radical (unpaired) electrons. The first-order chi connectivity index (χ1) is 10.2. The molecule has 1 N–H and O–H groups in total. The highest BCUT2D eigenvalue weighted by Crippen LogP contribution is 2.47. The molecule has 8 nitrogen and oxygen atoms in total. The van der Waals surface area contributed by atoms with E-state index in [2.05, 4.69) is 20.9 Å². The molecule has 128 valence electrons. The summed E-state index contributed by atoms with van der Waals surface area (Å²) in [7, 11) is -1.14. The van der Waals surface area contributed by atoms with Crippen molar-refractivity contribution in [2.24, 2.45) is 0 Å². The van der Waals surface area contributed by atoms with Crippen molar-refractivity contribution in [2.75, 3.05) is 33.2 Å². The van der Waals surface area contributed by atoms with E-state index in [0.29, 0.717) is 0 Å². The normalized spacial score (nSPS) is 11.8. The minimum atomic E-state index is -3.54. The monoisotopic (exact) mass is 355 g/mol. The van der Waals surface area contributed by atoms with Gasteiger partial charge in [-0.05, 0) is 13.8 Å². The number of phosphoric ester groups is 1. The molecular weight excluding hydrogens is 333 g/mol. The summed E-state index contributed by atoms with van der Waals surface area (Å²) in [5, 5.41) is 2.15. The summed E-state index contributed by atoms with van der Waals surface area (Å²) in [6.07, 6.45) is 0.711. The lowest BCUT2D eigenvalue weighted by molar-refractivity contribution is -0.115.